The molecule has 0 saturated carbocycles. The van der Waals surface area contributed by atoms with Gasteiger partial charge in [-0.25, -0.2) is 9.37 Å². The van der Waals surface area contributed by atoms with Crippen molar-refractivity contribution in [3.8, 4) is 11.3 Å². The van der Waals surface area contributed by atoms with Crippen LogP contribution in [0.2, 0.25) is 0 Å². The number of imidazole rings is 1. The fourth-order valence-corrected chi connectivity index (χ4v) is 2.93. The highest BCUT2D eigenvalue weighted by atomic mass is 79.9. The van der Waals surface area contributed by atoms with Gasteiger partial charge in [-0.1, -0.05) is 41.4 Å². The maximum Gasteiger partial charge on any atom is 0.123 e. The molecule has 0 atom stereocenters. The van der Waals surface area contributed by atoms with E-state index in [1.165, 1.54) is 17.7 Å². The Hall–Kier alpha value is -1.94. The first-order valence-corrected chi connectivity index (χ1v) is 9.01. The molecule has 0 spiro atoms. The molecule has 3 rings (SSSR count). The van der Waals surface area contributed by atoms with Crippen LogP contribution in [0.15, 0.2) is 59.2 Å². The van der Waals surface area contributed by atoms with E-state index in [1.807, 2.05) is 0 Å². The highest BCUT2D eigenvalue weighted by Crippen LogP contribution is 2.22. The van der Waals surface area contributed by atoms with E-state index in [4.69, 9.17) is 4.98 Å². The van der Waals surface area contributed by atoms with Crippen molar-refractivity contribution in [1.82, 2.24) is 9.55 Å². The van der Waals surface area contributed by atoms with E-state index in [-0.39, 0.29) is 5.82 Å². The van der Waals surface area contributed by atoms with Crippen LogP contribution in [0.3, 0.4) is 0 Å². The van der Waals surface area contributed by atoms with Crippen molar-refractivity contribution in [3.05, 3.63) is 76.4 Å². The third kappa shape index (κ3) is 4.12. The lowest BCUT2D eigenvalue weighted by atomic mass is 10.1. The summed E-state index contributed by atoms with van der Waals surface area (Å²) in [6, 6.07) is 14.9. The van der Waals surface area contributed by atoms with E-state index >= 15 is 0 Å². The quantitative estimate of drug-likeness (QED) is 0.519. The molecule has 0 amide bonds. The van der Waals surface area contributed by atoms with Crippen molar-refractivity contribution in [2.24, 2.45) is 0 Å². The highest BCUT2D eigenvalue weighted by molar-refractivity contribution is 9.10. The zero-order chi connectivity index (χ0) is 16.9. The summed E-state index contributed by atoms with van der Waals surface area (Å²) in [7, 11) is 0. The summed E-state index contributed by atoms with van der Waals surface area (Å²) in [6.07, 6.45) is 5.13. The molecule has 0 N–H and O–H groups in total. The van der Waals surface area contributed by atoms with Crippen molar-refractivity contribution in [2.45, 2.75) is 32.7 Å². The van der Waals surface area contributed by atoms with Gasteiger partial charge in [0.05, 0.1) is 5.69 Å². The minimum Gasteiger partial charge on any atom is -0.334 e. The summed E-state index contributed by atoms with van der Waals surface area (Å²) < 4.78 is 16.4. The normalized spacial score (nSPS) is 11.0. The van der Waals surface area contributed by atoms with Crippen LogP contribution in [-0.4, -0.2) is 9.55 Å². The molecule has 3 aromatic rings. The summed E-state index contributed by atoms with van der Waals surface area (Å²) in [5.41, 5.74) is 3.08. The zero-order valence-corrected chi connectivity index (χ0v) is 15.3. The molecule has 2 nitrogen and oxygen atoms in total. The summed E-state index contributed by atoms with van der Waals surface area (Å²) in [4.78, 5) is 4.81. The zero-order valence-electron chi connectivity index (χ0n) is 13.7. The second-order valence-corrected chi connectivity index (χ2v) is 6.82. The Kier molecular flexibility index (Phi) is 5.46. The van der Waals surface area contributed by atoms with E-state index in [9.17, 15) is 4.39 Å². The number of aryl methyl sites for hydroxylation is 1. The van der Waals surface area contributed by atoms with Crippen molar-refractivity contribution in [1.29, 1.82) is 0 Å². The van der Waals surface area contributed by atoms with Crippen LogP contribution in [0.4, 0.5) is 4.39 Å². The number of benzene rings is 2. The molecule has 1 heterocycles. The van der Waals surface area contributed by atoms with Gasteiger partial charge in [-0.05, 0) is 48.4 Å². The molecule has 4 heteroatoms. The maximum atomic E-state index is 13.1. The molecule has 0 saturated heterocycles. The van der Waals surface area contributed by atoms with Crippen LogP contribution >= 0.6 is 15.9 Å². The molecule has 1 aromatic heterocycles. The number of unbranched alkanes of at least 4 members (excludes halogenated alkanes) is 1. The predicted octanol–water partition coefficient (Wildman–Crippen LogP) is 5.84. The monoisotopic (exact) mass is 386 g/mol. The Labute approximate surface area is 150 Å². The Morgan fingerprint density at radius 1 is 1.04 bits per heavy atom. The van der Waals surface area contributed by atoms with Crippen molar-refractivity contribution >= 4 is 15.9 Å². The van der Waals surface area contributed by atoms with Gasteiger partial charge in [0, 0.05) is 29.2 Å². The number of hydrogen-bond acceptors (Lipinski definition) is 1. The summed E-state index contributed by atoms with van der Waals surface area (Å²) >= 11 is 3.47. The number of halogens is 2. The van der Waals surface area contributed by atoms with Crippen LogP contribution < -0.4 is 0 Å². The molecule has 2 aromatic carbocycles. The minimum atomic E-state index is -0.223. The van der Waals surface area contributed by atoms with Crippen molar-refractivity contribution < 1.29 is 4.39 Å². The first kappa shape index (κ1) is 16.9. The molecule has 0 fully saturated rings. The van der Waals surface area contributed by atoms with Crippen LogP contribution in [0.5, 0.6) is 0 Å². The number of hydrogen-bond donors (Lipinski definition) is 0. The molecule has 0 bridgehead atoms. The number of nitrogens with zero attached hydrogens (tertiary/aromatic N) is 2. The van der Waals surface area contributed by atoms with Crippen LogP contribution in [0.25, 0.3) is 11.3 Å². The molecule has 0 aliphatic carbocycles. The molecule has 24 heavy (non-hydrogen) atoms. The van der Waals surface area contributed by atoms with Gasteiger partial charge in [-0.15, -0.1) is 0 Å². The molecule has 124 valence electrons. The van der Waals surface area contributed by atoms with Crippen molar-refractivity contribution in [3.63, 3.8) is 0 Å². The van der Waals surface area contributed by atoms with E-state index in [2.05, 4.69) is 57.9 Å². The number of aromatic nitrogens is 2. The molecular formula is C20H20BrFN2. The fourth-order valence-electron chi connectivity index (χ4n) is 2.66. The van der Waals surface area contributed by atoms with Gasteiger partial charge in [-0.3, -0.25) is 0 Å². The highest BCUT2D eigenvalue weighted by Gasteiger charge is 2.10. The Balaban J connectivity index is 1.90. The van der Waals surface area contributed by atoms with Gasteiger partial charge in [0.2, 0.25) is 0 Å². The summed E-state index contributed by atoms with van der Waals surface area (Å²) in [5, 5.41) is 0. The molecular weight excluding hydrogens is 367 g/mol. The second-order valence-electron chi connectivity index (χ2n) is 5.90. The van der Waals surface area contributed by atoms with E-state index in [0.29, 0.717) is 0 Å². The molecule has 0 aliphatic rings. The fraction of sp³-hybridized carbons (Fsp3) is 0.250. The molecule has 0 aliphatic heterocycles. The van der Waals surface area contributed by atoms with Gasteiger partial charge in [0.1, 0.15) is 11.6 Å². The maximum absolute atomic E-state index is 13.1. The molecule has 0 radical (unpaired) electrons. The smallest absolute Gasteiger partial charge is 0.123 e. The Morgan fingerprint density at radius 3 is 2.42 bits per heavy atom. The van der Waals surface area contributed by atoms with E-state index in [1.54, 1.807) is 12.1 Å². The van der Waals surface area contributed by atoms with E-state index < -0.39 is 0 Å². The third-order valence-electron chi connectivity index (χ3n) is 4.03. The summed E-state index contributed by atoms with van der Waals surface area (Å²) in [5.74, 6) is 0.823. The van der Waals surface area contributed by atoms with Crippen LogP contribution in [0, 0.1) is 5.82 Å². The first-order chi connectivity index (χ1) is 11.7. The van der Waals surface area contributed by atoms with Gasteiger partial charge in [-0.2, -0.15) is 0 Å². The SMILES string of the molecule is CCCCn1cc(-c2ccc(F)cc2)nc1Cc1ccc(Br)cc1. The van der Waals surface area contributed by atoms with Crippen molar-refractivity contribution in [2.75, 3.05) is 0 Å². The number of rotatable bonds is 6. The Bertz CT molecular complexity index is 792. The Morgan fingerprint density at radius 2 is 1.75 bits per heavy atom. The van der Waals surface area contributed by atoms with Crippen LogP contribution in [-0.2, 0) is 13.0 Å². The lowest BCUT2D eigenvalue weighted by molar-refractivity contribution is 0.609. The third-order valence-corrected chi connectivity index (χ3v) is 4.56. The first-order valence-electron chi connectivity index (χ1n) is 8.22. The second kappa shape index (κ2) is 7.75. The average Bonchev–Trinajstić information content (AvgIpc) is 2.98. The van der Waals surface area contributed by atoms with Gasteiger partial charge in [0.25, 0.3) is 0 Å². The topological polar surface area (TPSA) is 17.8 Å². The van der Waals surface area contributed by atoms with Crippen LogP contribution in [0.1, 0.15) is 31.2 Å². The minimum absolute atomic E-state index is 0.223. The standard InChI is InChI=1S/C20H20BrFN2/c1-2-3-12-24-14-19(16-6-10-18(22)11-7-16)23-20(24)13-15-4-8-17(21)9-5-15/h4-11,14H,2-3,12-13H2,1H3. The lowest BCUT2D eigenvalue weighted by Gasteiger charge is -2.07. The average molecular weight is 387 g/mol. The van der Waals surface area contributed by atoms with E-state index in [0.717, 1.165) is 47.4 Å². The van der Waals surface area contributed by atoms with Gasteiger partial charge < -0.3 is 4.57 Å². The van der Waals surface area contributed by atoms with Gasteiger partial charge >= 0.3 is 0 Å². The van der Waals surface area contributed by atoms with Gasteiger partial charge in [0.15, 0.2) is 0 Å². The molecule has 0 unspecified atom stereocenters. The predicted molar refractivity (Wildman–Crippen MR) is 99.5 cm³/mol. The summed E-state index contributed by atoms with van der Waals surface area (Å²) in [6.45, 7) is 3.14. The largest absolute Gasteiger partial charge is 0.334 e. The lowest BCUT2D eigenvalue weighted by Crippen LogP contribution is -2.03.